The summed E-state index contributed by atoms with van der Waals surface area (Å²) in [5.74, 6) is 0.815. The maximum Gasteiger partial charge on any atom is 0.123 e. The summed E-state index contributed by atoms with van der Waals surface area (Å²) >= 11 is 12.4. The third-order valence-corrected chi connectivity index (χ3v) is 5.29. The molecule has 2 N–H and O–H groups in total. The predicted molar refractivity (Wildman–Crippen MR) is 102 cm³/mol. The van der Waals surface area contributed by atoms with E-state index in [-0.39, 0.29) is 36.6 Å². The van der Waals surface area contributed by atoms with Crippen LogP contribution in [0.4, 0.5) is 0 Å². The smallest absolute Gasteiger partial charge is 0.123 e. The van der Waals surface area contributed by atoms with E-state index in [4.69, 9.17) is 23.2 Å². The van der Waals surface area contributed by atoms with Crippen LogP contribution in [0.15, 0.2) is 12.1 Å². The zero-order chi connectivity index (χ0) is 14.8. The predicted octanol–water partition coefficient (Wildman–Crippen LogP) is 4.68. The first-order valence-corrected chi connectivity index (χ1v) is 8.55. The van der Waals surface area contributed by atoms with Crippen molar-refractivity contribution in [2.24, 2.45) is 5.92 Å². The van der Waals surface area contributed by atoms with Gasteiger partial charge in [-0.25, -0.2) is 0 Å². The van der Waals surface area contributed by atoms with Crippen LogP contribution in [0.25, 0.3) is 0 Å². The second-order valence-corrected chi connectivity index (χ2v) is 6.94. The zero-order valence-corrected chi connectivity index (χ0v) is 16.1. The Kier molecular flexibility index (Phi) is 8.78. The maximum absolute atomic E-state index is 10.4. The molecule has 1 aliphatic carbocycles. The van der Waals surface area contributed by atoms with Gasteiger partial charge in [0.1, 0.15) is 5.75 Å². The molecule has 0 spiro atoms. The summed E-state index contributed by atoms with van der Waals surface area (Å²) in [6, 6.07) is 3.58. The topological polar surface area (TPSA) is 35.5 Å². The number of hydrogen-bond acceptors (Lipinski definition) is 3. The Bertz CT molecular complexity index is 480. The molecule has 0 aromatic heterocycles. The van der Waals surface area contributed by atoms with Crippen LogP contribution < -0.4 is 5.32 Å². The van der Waals surface area contributed by atoms with Gasteiger partial charge in [-0.3, -0.25) is 4.90 Å². The average molecular weight is 402 g/mol. The van der Waals surface area contributed by atoms with Gasteiger partial charge in [-0.1, -0.05) is 36.0 Å². The molecule has 2 fully saturated rings. The van der Waals surface area contributed by atoms with Gasteiger partial charge < -0.3 is 10.4 Å². The first-order valence-electron chi connectivity index (χ1n) is 7.79. The fourth-order valence-corrected chi connectivity index (χ4v) is 4.41. The van der Waals surface area contributed by atoms with Crippen molar-refractivity contribution in [1.29, 1.82) is 0 Å². The van der Waals surface area contributed by atoms with E-state index in [9.17, 15) is 5.11 Å². The van der Waals surface area contributed by atoms with E-state index in [1.807, 2.05) is 0 Å². The molecule has 0 bridgehead atoms. The lowest BCUT2D eigenvalue weighted by Gasteiger charge is -2.39. The molecule has 2 aliphatic rings. The minimum Gasteiger partial charge on any atom is -0.508 e. The number of halogens is 4. The number of nitrogens with zero attached hydrogens (tertiary/aromatic N) is 1. The van der Waals surface area contributed by atoms with Crippen LogP contribution in [0.2, 0.25) is 10.0 Å². The molecule has 3 nitrogen and oxygen atoms in total. The van der Waals surface area contributed by atoms with Crippen LogP contribution in [0.3, 0.4) is 0 Å². The molecule has 7 heteroatoms. The first kappa shape index (κ1) is 21.1. The fraction of sp³-hybridized carbons (Fsp3) is 0.625. The molecule has 1 atom stereocenters. The van der Waals surface area contributed by atoms with Gasteiger partial charge in [0.15, 0.2) is 0 Å². The van der Waals surface area contributed by atoms with Crippen LogP contribution >= 0.6 is 48.0 Å². The molecule has 132 valence electrons. The van der Waals surface area contributed by atoms with E-state index in [1.165, 1.54) is 25.7 Å². The molecule has 23 heavy (non-hydrogen) atoms. The largest absolute Gasteiger partial charge is 0.508 e. The van der Waals surface area contributed by atoms with Crippen LogP contribution in [0.5, 0.6) is 5.75 Å². The molecule has 1 saturated carbocycles. The Hall–Kier alpha value is 0.1000. The van der Waals surface area contributed by atoms with Gasteiger partial charge in [0.25, 0.3) is 0 Å². The number of benzene rings is 1. The number of hydrogen-bond donors (Lipinski definition) is 2. The second-order valence-electron chi connectivity index (χ2n) is 6.10. The second kappa shape index (κ2) is 9.55. The summed E-state index contributed by atoms with van der Waals surface area (Å²) in [7, 11) is 0. The third kappa shape index (κ3) is 4.81. The highest BCUT2D eigenvalue weighted by molar-refractivity contribution is 6.35. The van der Waals surface area contributed by atoms with Crippen molar-refractivity contribution >= 4 is 48.0 Å². The minimum absolute atomic E-state index is 0. The van der Waals surface area contributed by atoms with E-state index in [0.717, 1.165) is 31.7 Å². The molecule has 0 radical (unpaired) electrons. The van der Waals surface area contributed by atoms with Crippen LogP contribution in [0, 0.1) is 5.92 Å². The first-order chi connectivity index (χ1) is 10.2. The standard InChI is InChI=1S/C16H22Cl2N2O.2ClH/c17-12-9-13(18)15(14(21)10-12)16(11-3-1-2-4-11)20-7-5-19-6-8-20;;/h9-11,16,19,21H,1-8H2;2*1H/t16-;;/m1../s1. The molecule has 1 aromatic rings. The molecule has 1 saturated heterocycles. The number of phenols is 1. The molecule has 1 aliphatic heterocycles. The van der Waals surface area contributed by atoms with Gasteiger partial charge in [-0.05, 0) is 30.9 Å². The molecule has 0 unspecified atom stereocenters. The van der Waals surface area contributed by atoms with Gasteiger partial charge in [0.05, 0.1) is 5.02 Å². The highest BCUT2D eigenvalue weighted by Gasteiger charge is 2.34. The SMILES string of the molecule is Cl.Cl.Oc1cc(Cl)cc(Cl)c1[C@@H](C1CCCC1)N1CCNCC1. The maximum atomic E-state index is 10.4. The van der Waals surface area contributed by atoms with Gasteiger partial charge in [0, 0.05) is 42.8 Å². The third-order valence-electron chi connectivity index (χ3n) is 4.76. The molecular formula is C16H24Cl4N2O. The molecule has 1 heterocycles. The van der Waals surface area contributed by atoms with Crippen LogP contribution in [-0.4, -0.2) is 36.2 Å². The lowest BCUT2D eigenvalue weighted by molar-refractivity contribution is 0.123. The molecular weight excluding hydrogens is 378 g/mol. The average Bonchev–Trinajstić information content (AvgIpc) is 2.97. The van der Waals surface area contributed by atoms with Gasteiger partial charge in [-0.2, -0.15) is 0 Å². The van der Waals surface area contributed by atoms with Crippen molar-refractivity contribution in [1.82, 2.24) is 10.2 Å². The Morgan fingerprint density at radius 1 is 1.09 bits per heavy atom. The normalized spacial score (nSPS) is 20.6. The van der Waals surface area contributed by atoms with Crippen molar-refractivity contribution in [2.75, 3.05) is 26.2 Å². The zero-order valence-electron chi connectivity index (χ0n) is 12.9. The van der Waals surface area contributed by atoms with Crippen molar-refractivity contribution in [3.63, 3.8) is 0 Å². The number of aromatic hydroxyl groups is 1. The van der Waals surface area contributed by atoms with Crippen molar-refractivity contribution < 1.29 is 5.11 Å². The summed E-state index contributed by atoms with van der Waals surface area (Å²) in [4.78, 5) is 2.47. The molecule has 0 amide bonds. The quantitative estimate of drug-likeness (QED) is 0.771. The lowest BCUT2D eigenvalue weighted by Crippen LogP contribution is -2.46. The summed E-state index contributed by atoms with van der Waals surface area (Å²) in [6.07, 6.45) is 4.98. The van der Waals surface area contributed by atoms with E-state index >= 15 is 0 Å². The summed E-state index contributed by atoms with van der Waals surface area (Å²) in [5, 5.41) is 14.9. The number of rotatable bonds is 3. The van der Waals surface area contributed by atoms with E-state index < -0.39 is 0 Å². The van der Waals surface area contributed by atoms with Crippen molar-refractivity contribution in [3.8, 4) is 5.75 Å². The Balaban J connectivity index is 0.00000132. The Labute approximate surface area is 160 Å². The van der Waals surface area contributed by atoms with Crippen molar-refractivity contribution in [2.45, 2.75) is 31.7 Å². The van der Waals surface area contributed by atoms with Gasteiger partial charge >= 0.3 is 0 Å². The molecule has 3 rings (SSSR count). The van der Waals surface area contributed by atoms with E-state index in [1.54, 1.807) is 12.1 Å². The van der Waals surface area contributed by atoms with Crippen LogP contribution in [-0.2, 0) is 0 Å². The number of phenolic OH excluding ortho intramolecular Hbond substituents is 1. The summed E-state index contributed by atoms with van der Waals surface area (Å²) in [6.45, 7) is 3.99. The molecule has 1 aromatic carbocycles. The van der Waals surface area contributed by atoms with Crippen molar-refractivity contribution in [3.05, 3.63) is 27.7 Å². The summed E-state index contributed by atoms with van der Waals surface area (Å²) in [5.41, 5.74) is 0.870. The lowest BCUT2D eigenvalue weighted by atomic mass is 9.89. The highest BCUT2D eigenvalue weighted by atomic mass is 35.5. The van der Waals surface area contributed by atoms with Crippen LogP contribution in [0.1, 0.15) is 37.3 Å². The minimum atomic E-state index is 0. The Morgan fingerprint density at radius 2 is 1.70 bits per heavy atom. The van der Waals surface area contributed by atoms with E-state index in [2.05, 4.69) is 10.2 Å². The Morgan fingerprint density at radius 3 is 2.26 bits per heavy atom. The fourth-order valence-electron chi connectivity index (χ4n) is 3.81. The van der Waals surface area contributed by atoms with Gasteiger partial charge in [0.2, 0.25) is 0 Å². The monoisotopic (exact) mass is 400 g/mol. The van der Waals surface area contributed by atoms with E-state index in [0.29, 0.717) is 16.0 Å². The number of piperazine rings is 1. The summed E-state index contributed by atoms with van der Waals surface area (Å²) < 4.78 is 0. The number of nitrogens with one attached hydrogen (secondary N) is 1. The highest BCUT2D eigenvalue weighted by Crippen LogP contribution is 2.45. The van der Waals surface area contributed by atoms with Gasteiger partial charge in [-0.15, -0.1) is 24.8 Å².